The van der Waals surface area contributed by atoms with E-state index in [-0.39, 0.29) is 5.91 Å². The van der Waals surface area contributed by atoms with Gasteiger partial charge in [0.15, 0.2) is 0 Å². The Morgan fingerprint density at radius 2 is 1.76 bits per heavy atom. The molecule has 4 aromatic rings. The zero-order valence-electron chi connectivity index (χ0n) is 18.7. The maximum absolute atomic E-state index is 12.4. The topological polar surface area (TPSA) is 56.1 Å². The van der Waals surface area contributed by atoms with Crippen molar-refractivity contribution in [3.8, 4) is 5.75 Å². The Balaban J connectivity index is 1.38. The first-order valence-electron chi connectivity index (χ1n) is 11.4. The van der Waals surface area contributed by atoms with Gasteiger partial charge in [-0.15, -0.1) is 6.58 Å². The number of rotatable bonds is 11. The second kappa shape index (κ2) is 11.1. The number of carbonyl (C=O) groups excluding carboxylic acids is 1. The molecule has 1 heterocycles. The summed E-state index contributed by atoms with van der Waals surface area (Å²) in [4.78, 5) is 17.2. The van der Waals surface area contributed by atoms with Crippen LogP contribution < -0.4 is 10.1 Å². The Morgan fingerprint density at radius 1 is 1.00 bits per heavy atom. The van der Waals surface area contributed by atoms with Gasteiger partial charge >= 0.3 is 0 Å². The summed E-state index contributed by atoms with van der Waals surface area (Å²) >= 11 is 0. The lowest BCUT2D eigenvalue weighted by molar-refractivity contribution is 0.0954. The molecule has 0 spiro atoms. The molecule has 1 aromatic heterocycles. The summed E-state index contributed by atoms with van der Waals surface area (Å²) in [6.45, 7) is 5.77. The summed E-state index contributed by atoms with van der Waals surface area (Å²) in [6, 6.07) is 25.5. The zero-order valence-corrected chi connectivity index (χ0v) is 18.7. The largest absolute Gasteiger partial charge is 0.493 e. The third-order valence-electron chi connectivity index (χ3n) is 5.52. The number of para-hydroxylation sites is 3. The molecule has 5 nitrogen and oxygen atoms in total. The molecule has 0 aliphatic heterocycles. The van der Waals surface area contributed by atoms with E-state index < -0.39 is 0 Å². The maximum atomic E-state index is 12.4. The number of hydrogen-bond acceptors (Lipinski definition) is 3. The molecule has 0 fully saturated rings. The number of benzene rings is 3. The van der Waals surface area contributed by atoms with E-state index in [1.807, 2.05) is 72.8 Å². The van der Waals surface area contributed by atoms with Crippen molar-refractivity contribution >= 4 is 16.9 Å². The lowest BCUT2D eigenvalue weighted by Gasteiger charge is -2.12. The van der Waals surface area contributed by atoms with E-state index in [4.69, 9.17) is 9.72 Å². The fourth-order valence-corrected chi connectivity index (χ4v) is 3.92. The smallest absolute Gasteiger partial charge is 0.251 e. The first-order chi connectivity index (χ1) is 16.3. The van der Waals surface area contributed by atoms with Crippen molar-refractivity contribution in [2.45, 2.75) is 25.8 Å². The molecule has 0 unspecified atom stereocenters. The number of imidazole rings is 1. The van der Waals surface area contributed by atoms with Crippen LogP contribution in [0.3, 0.4) is 0 Å². The van der Waals surface area contributed by atoms with Crippen LogP contribution in [0, 0.1) is 0 Å². The van der Waals surface area contributed by atoms with Crippen LogP contribution in [0.5, 0.6) is 5.75 Å². The highest BCUT2D eigenvalue weighted by molar-refractivity contribution is 5.94. The first kappa shape index (κ1) is 22.3. The molecule has 0 saturated heterocycles. The van der Waals surface area contributed by atoms with Crippen LogP contribution in [-0.4, -0.2) is 28.6 Å². The zero-order chi connectivity index (χ0) is 22.9. The SMILES string of the molecule is C=CCc1ccccc1OCCCn1c(CCNC(=O)c2ccccc2)nc2ccccc21. The second-order valence-electron chi connectivity index (χ2n) is 7.84. The van der Waals surface area contributed by atoms with Crippen molar-refractivity contribution < 1.29 is 9.53 Å². The van der Waals surface area contributed by atoms with Gasteiger partial charge in [-0.25, -0.2) is 4.98 Å². The molecular weight excluding hydrogens is 410 g/mol. The molecule has 0 aliphatic carbocycles. The molecular formula is C28H29N3O2. The van der Waals surface area contributed by atoms with Gasteiger partial charge in [0.1, 0.15) is 11.6 Å². The fraction of sp³-hybridized carbons (Fsp3) is 0.214. The number of fused-ring (bicyclic) bond motifs is 1. The van der Waals surface area contributed by atoms with E-state index >= 15 is 0 Å². The lowest BCUT2D eigenvalue weighted by atomic mass is 10.1. The summed E-state index contributed by atoms with van der Waals surface area (Å²) in [7, 11) is 0. The van der Waals surface area contributed by atoms with Crippen molar-refractivity contribution in [2.24, 2.45) is 0 Å². The second-order valence-corrected chi connectivity index (χ2v) is 7.84. The Bertz CT molecular complexity index is 1210. The Hall–Kier alpha value is -3.86. The number of allylic oxidation sites excluding steroid dienone is 1. The maximum Gasteiger partial charge on any atom is 0.251 e. The quantitative estimate of drug-likeness (QED) is 0.258. The highest BCUT2D eigenvalue weighted by Gasteiger charge is 2.11. The summed E-state index contributed by atoms with van der Waals surface area (Å²) in [5.41, 5.74) is 3.89. The minimum atomic E-state index is -0.0650. The van der Waals surface area contributed by atoms with Gasteiger partial charge in [0, 0.05) is 25.1 Å². The van der Waals surface area contributed by atoms with Crippen molar-refractivity contribution in [3.63, 3.8) is 0 Å². The third-order valence-corrected chi connectivity index (χ3v) is 5.52. The number of aryl methyl sites for hydroxylation is 1. The van der Waals surface area contributed by atoms with Crippen molar-refractivity contribution in [2.75, 3.05) is 13.2 Å². The Labute approximate surface area is 194 Å². The van der Waals surface area contributed by atoms with E-state index in [9.17, 15) is 4.79 Å². The van der Waals surface area contributed by atoms with Crippen molar-refractivity contribution in [1.29, 1.82) is 0 Å². The number of carbonyl (C=O) groups is 1. The Morgan fingerprint density at radius 3 is 2.61 bits per heavy atom. The van der Waals surface area contributed by atoms with Gasteiger partial charge in [0.05, 0.1) is 17.6 Å². The highest BCUT2D eigenvalue weighted by Crippen LogP contribution is 2.20. The van der Waals surface area contributed by atoms with Gasteiger partial charge in [-0.1, -0.05) is 54.6 Å². The van der Waals surface area contributed by atoms with E-state index in [1.165, 1.54) is 0 Å². The molecule has 168 valence electrons. The van der Waals surface area contributed by atoms with Crippen LogP contribution >= 0.6 is 0 Å². The molecule has 5 heteroatoms. The molecule has 1 amide bonds. The van der Waals surface area contributed by atoms with E-state index in [0.29, 0.717) is 25.1 Å². The van der Waals surface area contributed by atoms with E-state index in [1.54, 1.807) is 0 Å². The van der Waals surface area contributed by atoms with Crippen molar-refractivity contribution in [1.82, 2.24) is 14.9 Å². The predicted octanol–water partition coefficient (Wildman–Crippen LogP) is 5.21. The fourth-order valence-electron chi connectivity index (χ4n) is 3.92. The van der Waals surface area contributed by atoms with Crippen LogP contribution in [0.4, 0.5) is 0 Å². The first-order valence-corrected chi connectivity index (χ1v) is 11.4. The lowest BCUT2D eigenvalue weighted by Crippen LogP contribution is -2.26. The number of ether oxygens (including phenoxy) is 1. The normalized spacial score (nSPS) is 10.8. The highest BCUT2D eigenvalue weighted by atomic mass is 16.5. The van der Waals surface area contributed by atoms with Crippen LogP contribution in [-0.2, 0) is 19.4 Å². The predicted molar refractivity (Wildman–Crippen MR) is 133 cm³/mol. The summed E-state index contributed by atoms with van der Waals surface area (Å²) in [5, 5.41) is 3.00. The van der Waals surface area contributed by atoms with Gasteiger partial charge in [-0.05, 0) is 48.7 Å². The van der Waals surface area contributed by atoms with Crippen LogP contribution in [0.15, 0.2) is 91.5 Å². The third kappa shape index (κ3) is 5.69. The molecule has 33 heavy (non-hydrogen) atoms. The summed E-state index contributed by atoms with van der Waals surface area (Å²) in [6.07, 6.45) is 4.20. The summed E-state index contributed by atoms with van der Waals surface area (Å²) < 4.78 is 8.30. The molecule has 0 bridgehead atoms. The molecule has 0 radical (unpaired) electrons. The minimum absolute atomic E-state index is 0.0650. The van der Waals surface area contributed by atoms with Crippen LogP contribution in [0.2, 0.25) is 0 Å². The van der Waals surface area contributed by atoms with Crippen LogP contribution in [0.1, 0.15) is 28.2 Å². The monoisotopic (exact) mass is 439 g/mol. The molecule has 0 atom stereocenters. The van der Waals surface area contributed by atoms with Gasteiger partial charge in [-0.2, -0.15) is 0 Å². The molecule has 1 N–H and O–H groups in total. The number of aromatic nitrogens is 2. The number of hydrogen-bond donors (Lipinski definition) is 1. The standard InChI is InChI=1S/C28H29N3O2/c1-2-11-22-12-6-9-17-26(22)33-21-10-20-31-25-16-8-7-15-24(25)30-27(31)18-19-29-28(32)23-13-4-3-5-14-23/h2-9,12-17H,1,10-11,18-21H2,(H,29,32). The molecule has 0 saturated carbocycles. The van der Waals surface area contributed by atoms with Crippen LogP contribution in [0.25, 0.3) is 11.0 Å². The van der Waals surface area contributed by atoms with E-state index in [0.717, 1.165) is 47.6 Å². The molecule has 3 aromatic carbocycles. The van der Waals surface area contributed by atoms with E-state index in [2.05, 4.69) is 28.6 Å². The molecule has 0 aliphatic rings. The number of nitrogens with one attached hydrogen (secondary N) is 1. The van der Waals surface area contributed by atoms with Gasteiger partial charge in [-0.3, -0.25) is 4.79 Å². The average Bonchev–Trinajstić information content (AvgIpc) is 3.20. The summed E-state index contributed by atoms with van der Waals surface area (Å²) in [5.74, 6) is 1.82. The van der Waals surface area contributed by atoms with Crippen molar-refractivity contribution in [3.05, 3.63) is 108 Å². The number of nitrogens with zero attached hydrogens (tertiary/aromatic N) is 2. The van der Waals surface area contributed by atoms with Gasteiger partial charge < -0.3 is 14.6 Å². The van der Waals surface area contributed by atoms with Gasteiger partial charge in [0.25, 0.3) is 5.91 Å². The van der Waals surface area contributed by atoms with Gasteiger partial charge in [0.2, 0.25) is 0 Å². The minimum Gasteiger partial charge on any atom is -0.493 e. The number of amides is 1. The molecule has 4 rings (SSSR count). The Kier molecular flexibility index (Phi) is 7.54. The average molecular weight is 440 g/mol.